The van der Waals surface area contributed by atoms with Crippen LogP contribution in [0.1, 0.15) is 29.4 Å². The Bertz CT molecular complexity index is 766. The molecule has 0 saturated carbocycles. The molecular formula is C17H19N5S. The summed E-state index contributed by atoms with van der Waals surface area (Å²) in [7, 11) is 0. The van der Waals surface area contributed by atoms with Crippen molar-refractivity contribution in [1.82, 2.24) is 15.3 Å². The van der Waals surface area contributed by atoms with Crippen LogP contribution in [-0.2, 0) is 0 Å². The predicted molar refractivity (Wildman–Crippen MR) is 97.0 cm³/mol. The summed E-state index contributed by atoms with van der Waals surface area (Å²) >= 11 is 5.07. The first-order valence-electron chi connectivity index (χ1n) is 7.33. The van der Waals surface area contributed by atoms with Gasteiger partial charge in [-0.2, -0.15) is 10.4 Å². The number of aromatic nitrogens is 1. The number of thiocarbonyl (C=S) groups is 1. The first-order valence-corrected chi connectivity index (χ1v) is 7.74. The molecule has 0 saturated heterocycles. The van der Waals surface area contributed by atoms with Crippen LogP contribution in [0.2, 0.25) is 0 Å². The quantitative estimate of drug-likeness (QED) is 0.515. The summed E-state index contributed by atoms with van der Waals surface area (Å²) < 4.78 is 2.13. The second kappa shape index (κ2) is 7.56. The summed E-state index contributed by atoms with van der Waals surface area (Å²) in [5.41, 5.74) is 7.65. The van der Waals surface area contributed by atoms with Crippen LogP contribution in [0.3, 0.4) is 0 Å². The minimum atomic E-state index is 0.504. The molecule has 0 bridgehead atoms. The SMILES string of the molecule is CCNC(=S)NN=Cc1cc(C)n(-c2ccc(C#N)cc2)c1C. The molecule has 0 radical (unpaired) electrons. The lowest BCUT2D eigenvalue weighted by Gasteiger charge is -2.09. The van der Waals surface area contributed by atoms with Gasteiger partial charge in [0.25, 0.3) is 0 Å². The second-order valence-corrected chi connectivity index (χ2v) is 5.46. The Morgan fingerprint density at radius 3 is 2.65 bits per heavy atom. The molecule has 1 aromatic carbocycles. The molecule has 1 aromatic heterocycles. The van der Waals surface area contributed by atoms with E-state index in [9.17, 15) is 0 Å². The average Bonchev–Trinajstić information content (AvgIpc) is 2.82. The Balaban J connectivity index is 2.23. The topological polar surface area (TPSA) is 65.1 Å². The summed E-state index contributed by atoms with van der Waals surface area (Å²) in [6.07, 6.45) is 1.76. The van der Waals surface area contributed by atoms with Gasteiger partial charge in [0.1, 0.15) is 0 Å². The van der Waals surface area contributed by atoms with Gasteiger partial charge in [-0.25, -0.2) is 0 Å². The maximum Gasteiger partial charge on any atom is 0.186 e. The predicted octanol–water partition coefficient (Wildman–Crippen LogP) is 2.78. The molecule has 2 rings (SSSR count). The lowest BCUT2D eigenvalue weighted by molar-refractivity contribution is 0.903. The molecule has 0 aliphatic carbocycles. The van der Waals surface area contributed by atoms with Gasteiger partial charge in [0.2, 0.25) is 0 Å². The van der Waals surface area contributed by atoms with Crippen LogP contribution in [0, 0.1) is 25.2 Å². The Morgan fingerprint density at radius 2 is 2.04 bits per heavy atom. The molecule has 6 heteroatoms. The summed E-state index contributed by atoms with van der Waals surface area (Å²) in [6, 6.07) is 11.7. The minimum absolute atomic E-state index is 0.504. The monoisotopic (exact) mass is 325 g/mol. The number of nitrogens with zero attached hydrogens (tertiary/aromatic N) is 3. The molecule has 0 spiro atoms. The number of hydrogen-bond donors (Lipinski definition) is 2. The highest BCUT2D eigenvalue weighted by Gasteiger charge is 2.09. The third kappa shape index (κ3) is 3.96. The zero-order chi connectivity index (χ0) is 16.8. The van der Waals surface area contributed by atoms with E-state index in [1.54, 1.807) is 6.21 Å². The van der Waals surface area contributed by atoms with E-state index in [2.05, 4.69) is 32.5 Å². The number of hydrazone groups is 1. The molecular weight excluding hydrogens is 306 g/mol. The van der Waals surface area contributed by atoms with Crippen LogP contribution >= 0.6 is 12.2 Å². The number of nitrogens with one attached hydrogen (secondary N) is 2. The lowest BCUT2D eigenvalue weighted by Crippen LogP contribution is -2.31. The van der Waals surface area contributed by atoms with Crippen LogP contribution in [0.5, 0.6) is 0 Å². The van der Waals surface area contributed by atoms with Crippen molar-refractivity contribution in [2.75, 3.05) is 6.54 Å². The molecule has 2 aromatic rings. The fraction of sp³-hybridized carbons (Fsp3) is 0.235. The first kappa shape index (κ1) is 16.7. The van der Waals surface area contributed by atoms with Crippen LogP contribution in [0.15, 0.2) is 35.4 Å². The van der Waals surface area contributed by atoms with Gasteiger partial charge in [-0.15, -0.1) is 0 Å². The molecule has 23 heavy (non-hydrogen) atoms. The summed E-state index contributed by atoms with van der Waals surface area (Å²) in [5.74, 6) is 0. The highest BCUT2D eigenvalue weighted by atomic mass is 32.1. The van der Waals surface area contributed by atoms with E-state index in [0.29, 0.717) is 10.7 Å². The molecule has 5 nitrogen and oxygen atoms in total. The number of hydrogen-bond acceptors (Lipinski definition) is 3. The summed E-state index contributed by atoms with van der Waals surface area (Å²) in [4.78, 5) is 0. The van der Waals surface area contributed by atoms with Crippen LogP contribution < -0.4 is 10.7 Å². The summed E-state index contributed by atoms with van der Waals surface area (Å²) in [6.45, 7) is 6.81. The first-order chi connectivity index (χ1) is 11.1. The van der Waals surface area contributed by atoms with Crippen molar-refractivity contribution in [2.45, 2.75) is 20.8 Å². The molecule has 1 heterocycles. The molecule has 118 valence electrons. The van der Waals surface area contributed by atoms with Gasteiger partial charge in [0, 0.05) is 29.2 Å². The fourth-order valence-electron chi connectivity index (χ4n) is 2.36. The maximum atomic E-state index is 8.90. The largest absolute Gasteiger partial charge is 0.362 e. The van der Waals surface area contributed by atoms with Gasteiger partial charge in [0.15, 0.2) is 5.11 Å². The standard InChI is InChI=1S/C17H19N5S/c1-4-19-17(23)21-20-11-15-9-12(2)22(13(15)3)16-7-5-14(10-18)6-8-16/h5-9,11H,4H2,1-3H3,(H2,19,21,23). The van der Waals surface area contributed by atoms with Crippen molar-refractivity contribution in [3.8, 4) is 11.8 Å². The second-order valence-electron chi connectivity index (χ2n) is 5.05. The Hall–Kier alpha value is -2.65. The van der Waals surface area contributed by atoms with Gasteiger partial charge >= 0.3 is 0 Å². The number of benzene rings is 1. The normalized spacial score (nSPS) is 10.5. The van der Waals surface area contributed by atoms with Crippen molar-refractivity contribution in [3.63, 3.8) is 0 Å². The van der Waals surface area contributed by atoms with E-state index >= 15 is 0 Å². The van der Waals surface area contributed by atoms with Crippen LogP contribution in [-0.4, -0.2) is 22.4 Å². The Morgan fingerprint density at radius 1 is 1.35 bits per heavy atom. The number of nitriles is 1. The summed E-state index contributed by atoms with van der Waals surface area (Å²) in [5, 5.41) is 16.5. The third-order valence-corrected chi connectivity index (χ3v) is 3.67. The van der Waals surface area contributed by atoms with Gasteiger partial charge < -0.3 is 9.88 Å². The number of rotatable bonds is 4. The van der Waals surface area contributed by atoms with Crippen molar-refractivity contribution >= 4 is 23.5 Å². The van der Waals surface area contributed by atoms with Gasteiger partial charge in [-0.1, -0.05) is 0 Å². The fourth-order valence-corrected chi connectivity index (χ4v) is 2.56. The Labute approximate surface area is 141 Å². The van der Waals surface area contributed by atoms with E-state index in [1.165, 1.54) is 0 Å². The van der Waals surface area contributed by atoms with E-state index in [4.69, 9.17) is 17.5 Å². The van der Waals surface area contributed by atoms with E-state index < -0.39 is 0 Å². The Kier molecular flexibility index (Phi) is 5.50. The zero-order valence-corrected chi connectivity index (χ0v) is 14.2. The van der Waals surface area contributed by atoms with E-state index in [1.807, 2.05) is 45.0 Å². The van der Waals surface area contributed by atoms with E-state index in [-0.39, 0.29) is 0 Å². The smallest absolute Gasteiger partial charge is 0.186 e. The third-order valence-electron chi connectivity index (χ3n) is 3.43. The van der Waals surface area contributed by atoms with E-state index in [0.717, 1.165) is 29.2 Å². The van der Waals surface area contributed by atoms with Crippen molar-refractivity contribution in [1.29, 1.82) is 5.26 Å². The highest BCUT2D eigenvalue weighted by Crippen LogP contribution is 2.20. The van der Waals surface area contributed by atoms with Crippen LogP contribution in [0.4, 0.5) is 0 Å². The number of aryl methyl sites for hydroxylation is 1. The van der Waals surface area contributed by atoms with Crippen molar-refractivity contribution < 1.29 is 0 Å². The molecule has 2 N–H and O–H groups in total. The van der Waals surface area contributed by atoms with Gasteiger partial charge in [-0.3, -0.25) is 5.43 Å². The van der Waals surface area contributed by atoms with Gasteiger partial charge in [-0.05, 0) is 63.3 Å². The molecule has 0 unspecified atom stereocenters. The molecule has 0 aliphatic heterocycles. The molecule has 0 fully saturated rings. The molecule has 0 atom stereocenters. The van der Waals surface area contributed by atoms with Gasteiger partial charge in [0.05, 0.1) is 17.8 Å². The molecule has 0 aliphatic rings. The lowest BCUT2D eigenvalue weighted by atomic mass is 10.2. The van der Waals surface area contributed by atoms with Crippen molar-refractivity contribution in [3.05, 3.63) is 52.8 Å². The molecule has 0 amide bonds. The average molecular weight is 325 g/mol. The van der Waals surface area contributed by atoms with Crippen molar-refractivity contribution in [2.24, 2.45) is 5.10 Å². The zero-order valence-electron chi connectivity index (χ0n) is 13.4. The minimum Gasteiger partial charge on any atom is -0.362 e. The maximum absolute atomic E-state index is 8.90. The highest BCUT2D eigenvalue weighted by molar-refractivity contribution is 7.80. The van der Waals surface area contributed by atoms with Crippen LogP contribution in [0.25, 0.3) is 5.69 Å².